The lowest BCUT2D eigenvalue weighted by Gasteiger charge is -2.39. The summed E-state index contributed by atoms with van der Waals surface area (Å²) in [6, 6.07) is 29.5. The number of methoxy groups -OCH3 is 1. The Kier molecular flexibility index (Phi) is 14.7. The van der Waals surface area contributed by atoms with E-state index < -0.39 is 30.0 Å². The molecule has 7 rings (SSSR count). The minimum Gasteiger partial charge on any atom is -0.506 e. The van der Waals surface area contributed by atoms with Crippen LogP contribution in [0.4, 0.5) is 17.1 Å². The van der Waals surface area contributed by atoms with E-state index in [1.807, 2.05) is 6.07 Å². The number of pyridine rings is 2. The number of primary amides is 1. The van der Waals surface area contributed by atoms with Gasteiger partial charge in [0.2, 0.25) is 15.4 Å². The monoisotopic (exact) mass is 964 g/mol. The number of nitrogens with zero attached hydrogens (tertiary/aromatic N) is 1. The molecular weight excluding hydrogens is 909 g/mol. The number of ether oxygens (including phenoxy) is 1. The lowest BCUT2D eigenvalue weighted by Crippen LogP contribution is -2.43. The number of hydrogen-bond acceptors (Lipinski definition) is 11. The smallest absolute Gasteiger partial charge is 0.255 e. The molecule has 2 amide bonds. The Bertz CT molecular complexity index is 3320. The maximum absolute atomic E-state index is 14.2. The number of sulfone groups is 1. The molecule has 2 aromatic heterocycles. The van der Waals surface area contributed by atoms with Gasteiger partial charge in [-0.2, -0.15) is 0 Å². The normalized spacial score (nSPS) is 12.3. The number of benzene rings is 5. The highest BCUT2D eigenvalue weighted by molar-refractivity contribution is 7.91. The number of amides is 2. The summed E-state index contributed by atoms with van der Waals surface area (Å²) in [6.45, 7) is 13.9. The zero-order chi connectivity index (χ0) is 49.7. The van der Waals surface area contributed by atoms with Crippen molar-refractivity contribution in [1.82, 2.24) is 15.3 Å². The van der Waals surface area contributed by atoms with Crippen LogP contribution in [-0.4, -0.2) is 63.8 Å². The van der Waals surface area contributed by atoms with Gasteiger partial charge in [0.05, 0.1) is 45.3 Å². The van der Waals surface area contributed by atoms with E-state index in [1.54, 1.807) is 67.6 Å². The Morgan fingerprint density at radius 2 is 1.67 bits per heavy atom. The molecule has 0 saturated heterocycles. The van der Waals surface area contributed by atoms with E-state index in [4.69, 9.17) is 14.9 Å². The summed E-state index contributed by atoms with van der Waals surface area (Å²) in [5, 5.41) is 21.2. The van der Waals surface area contributed by atoms with Crippen molar-refractivity contribution in [2.45, 2.75) is 74.6 Å². The number of aromatic hydroxyl groups is 1. The fourth-order valence-electron chi connectivity index (χ4n) is 7.54. The molecule has 7 aromatic rings. The van der Waals surface area contributed by atoms with E-state index in [9.17, 15) is 27.9 Å². The minimum absolute atomic E-state index is 0.00649. The molecule has 14 nitrogen and oxygen atoms in total. The molecular formula is C53H56N6O8SSi. The third-order valence-electron chi connectivity index (χ3n) is 12.3. The Morgan fingerprint density at radius 1 is 0.913 bits per heavy atom. The van der Waals surface area contributed by atoms with Gasteiger partial charge in [0, 0.05) is 64.6 Å². The summed E-state index contributed by atoms with van der Waals surface area (Å²) >= 11 is 0. The Balaban J connectivity index is 0.986. The standard InChI is InChI=1S/C53H56N6O8SSi/c1-33-27-40(30-43-48(33)56-31-44(51(54)62)49(43)57-37-15-12-16-38(29-37)66-5)68(64,65)39-17-11-14-35(28-39)52(63)58-36-20-18-34(19-21-36)13-9-8-10-26-55-32-46(67-69(6,7)53(2,3)4)41-22-24-45(60)50-42(41)23-25-47(61)59-50/h11-12,14-25,27-31,46,55,60H,8,10,26,32H2,1-7H3,(H2,54,62)(H,56,57)(H,58,63)(H,59,61). The van der Waals surface area contributed by atoms with Crippen molar-refractivity contribution in [2.75, 3.05) is 30.8 Å². The molecule has 16 heteroatoms. The number of anilines is 3. The molecule has 2 heterocycles. The van der Waals surface area contributed by atoms with Gasteiger partial charge >= 0.3 is 0 Å². The van der Waals surface area contributed by atoms with Crippen LogP contribution in [0.15, 0.2) is 130 Å². The molecule has 1 atom stereocenters. The SMILES string of the molecule is COc1cccc(Nc2c(C(N)=O)cnc3c(C)cc(S(=O)(=O)c4cccc(C(=O)Nc5ccc(C#CCCCNCC(O[Si](C)(C)C(C)(C)C)c6ccc(O)c7[nH]c(=O)ccc67)cc5)c4)cc23)c1. The number of carbonyl (C=O) groups is 2. The molecule has 1 unspecified atom stereocenters. The van der Waals surface area contributed by atoms with Crippen LogP contribution in [0.5, 0.6) is 11.5 Å². The average molecular weight is 965 g/mol. The fourth-order valence-corrected chi connectivity index (χ4v) is 10.2. The summed E-state index contributed by atoms with van der Waals surface area (Å²) in [5.41, 5.74) is 10.1. The number of rotatable bonds is 16. The van der Waals surface area contributed by atoms with Crippen molar-refractivity contribution >= 4 is 68.8 Å². The van der Waals surface area contributed by atoms with Gasteiger partial charge in [0.15, 0.2) is 8.32 Å². The number of carbonyl (C=O) groups excluding carboxylic acids is 2. The van der Waals surface area contributed by atoms with Crippen LogP contribution in [0.1, 0.15) is 77.1 Å². The fraction of sp³-hybridized carbons (Fsp3) is 0.245. The lowest BCUT2D eigenvalue weighted by molar-refractivity contribution is 0.0998. The van der Waals surface area contributed by atoms with Gasteiger partial charge in [-0.25, -0.2) is 8.42 Å². The number of H-pyrrole nitrogens is 1. The zero-order valence-corrected chi connectivity index (χ0v) is 41.4. The van der Waals surface area contributed by atoms with Gasteiger partial charge in [-0.3, -0.25) is 19.4 Å². The van der Waals surface area contributed by atoms with Crippen LogP contribution in [0.2, 0.25) is 18.1 Å². The first-order chi connectivity index (χ1) is 32.7. The van der Waals surface area contributed by atoms with Crippen molar-refractivity contribution in [3.8, 4) is 23.3 Å². The second-order valence-corrected chi connectivity index (χ2v) is 24.9. The molecule has 7 N–H and O–H groups in total. The van der Waals surface area contributed by atoms with Crippen molar-refractivity contribution in [1.29, 1.82) is 0 Å². The topological polar surface area (TPSA) is 215 Å². The van der Waals surface area contributed by atoms with E-state index in [2.05, 4.69) is 71.6 Å². The molecule has 0 fully saturated rings. The molecule has 356 valence electrons. The quantitative estimate of drug-likeness (QED) is 0.0305. The third-order valence-corrected chi connectivity index (χ3v) is 18.5. The second kappa shape index (κ2) is 20.5. The summed E-state index contributed by atoms with van der Waals surface area (Å²) < 4.78 is 40.7. The van der Waals surface area contributed by atoms with Crippen molar-refractivity contribution in [3.63, 3.8) is 0 Å². The first-order valence-corrected chi connectivity index (χ1v) is 26.8. The number of phenolic OH excluding ortho intramolecular Hbond substituents is 1. The third kappa shape index (κ3) is 11.4. The van der Waals surface area contributed by atoms with Crippen LogP contribution in [0.3, 0.4) is 0 Å². The number of aryl methyl sites for hydroxylation is 1. The maximum atomic E-state index is 14.2. The molecule has 5 aromatic carbocycles. The number of fused-ring (bicyclic) bond motifs is 2. The van der Waals surface area contributed by atoms with Crippen molar-refractivity contribution in [2.24, 2.45) is 5.73 Å². The van der Waals surface area contributed by atoms with Gasteiger partial charge in [-0.1, -0.05) is 50.8 Å². The van der Waals surface area contributed by atoms with Gasteiger partial charge in [-0.05, 0) is 128 Å². The number of aromatic nitrogens is 2. The molecule has 69 heavy (non-hydrogen) atoms. The zero-order valence-electron chi connectivity index (χ0n) is 39.6. The Labute approximate surface area is 402 Å². The van der Waals surface area contributed by atoms with Gasteiger partial charge in [0.25, 0.3) is 11.8 Å². The molecule has 0 bridgehead atoms. The number of aromatic amines is 1. The summed E-state index contributed by atoms with van der Waals surface area (Å²) in [5.74, 6) is 5.73. The highest BCUT2D eigenvalue weighted by atomic mass is 32.2. The van der Waals surface area contributed by atoms with Crippen molar-refractivity contribution < 1.29 is 32.3 Å². The predicted octanol–water partition coefficient (Wildman–Crippen LogP) is 9.51. The number of phenols is 1. The summed E-state index contributed by atoms with van der Waals surface area (Å²) in [7, 11) is -4.87. The first kappa shape index (κ1) is 49.6. The predicted molar refractivity (Wildman–Crippen MR) is 274 cm³/mol. The largest absolute Gasteiger partial charge is 0.506 e. The van der Waals surface area contributed by atoms with Crippen LogP contribution in [0.25, 0.3) is 21.8 Å². The second-order valence-electron chi connectivity index (χ2n) is 18.2. The van der Waals surface area contributed by atoms with Crippen LogP contribution >= 0.6 is 0 Å². The van der Waals surface area contributed by atoms with E-state index in [-0.39, 0.29) is 49.1 Å². The van der Waals surface area contributed by atoms with Crippen LogP contribution < -0.4 is 32.0 Å². The number of unbranched alkanes of at least 4 members (excludes halogenated alkanes) is 1. The van der Waals surface area contributed by atoms with Crippen LogP contribution in [-0.2, 0) is 14.3 Å². The minimum atomic E-state index is -4.19. The first-order valence-electron chi connectivity index (χ1n) is 22.4. The van der Waals surface area contributed by atoms with Gasteiger partial charge in [0.1, 0.15) is 11.5 Å². The summed E-state index contributed by atoms with van der Waals surface area (Å²) in [6.07, 6.45) is 2.46. The van der Waals surface area contributed by atoms with E-state index >= 15 is 0 Å². The van der Waals surface area contributed by atoms with Crippen LogP contribution in [0, 0.1) is 18.8 Å². The lowest BCUT2D eigenvalue weighted by atomic mass is 10.0. The summed E-state index contributed by atoms with van der Waals surface area (Å²) in [4.78, 5) is 45.2. The van der Waals surface area contributed by atoms with E-state index in [1.165, 1.54) is 55.8 Å². The highest BCUT2D eigenvalue weighted by Gasteiger charge is 2.40. The Hall–Kier alpha value is -7.29. The average Bonchev–Trinajstić information content (AvgIpc) is 3.31. The molecule has 0 aliphatic heterocycles. The molecule has 0 radical (unpaired) electrons. The molecule has 0 aliphatic carbocycles. The highest BCUT2D eigenvalue weighted by Crippen LogP contribution is 2.41. The number of hydrogen-bond donors (Lipinski definition) is 6. The Morgan fingerprint density at radius 3 is 2.39 bits per heavy atom. The maximum Gasteiger partial charge on any atom is 0.255 e. The number of nitrogens with one attached hydrogen (secondary N) is 4. The van der Waals surface area contributed by atoms with Gasteiger partial charge in [-0.15, -0.1) is 0 Å². The number of nitrogens with two attached hydrogens (primary N) is 1. The van der Waals surface area contributed by atoms with E-state index in [0.717, 1.165) is 22.9 Å². The molecule has 0 spiro atoms. The van der Waals surface area contributed by atoms with Crippen molar-refractivity contribution in [3.05, 3.63) is 154 Å². The van der Waals surface area contributed by atoms with E-state index in [0.29, 0.717) is 58.6 Å². The molecule has 0 saturated carbocycles. The molecule has 0 aliphatic rings. The van der Waals surface area contributed by atoms with Gasteiger partial charge < -0.3 is 40.9 Å².